The van der Waals surface area contributed by atoms with E-state index in [9.17, 15) is 18.0 Å². The van der Waals surface area contributed by atoms with Crippen LogP contribution in [0.25, 0.3) is 0 Å². The van der Waals surface area contributed by atoms with Crippen molar-refractivity contribution in [2.24, 2.45) is 0 Å². The molecule has 7 heteroatoms. The quantitative estimate of drug-likeness (QED) is 0.629. The van der Waals surface area contributed by atoms with E-state index in [2.05, 4.69) is 4.74 Å². The molecule has 0 spiro atoms. The fourth-order valence-corrected chi connectivity index (χ4v) is 1.81. The first-order valence-corrected chi connectivity index (χ1v) is 5.64. The second kappa shape index (κ2) is 5.80. The van der Waals surface area contributed by atoms with E-state index in [4.69, 9.17) is 23.2 Å². The predicted octanol–water partition coefficient (Wildman–Crippen LogP) is 3.68. The van der Waals surface area contributed by atoms with Crippen LogP contribution in [0.3, 0.4) is 0 Å². The third-order valence-electron chi connectivity index (χ3n) is 2.24. The minimum absolute atomic E-state index is 0.00516. The van der Waals surface area contributed by atoms with Crippen LogP contribution in [-0.4, -0.2) is 18.5 Å². The van der Waals surface area contributed by atoms with Crippen LogP contribution in [0.2, 0.25) is 5.02 Å². The zero-order chi connectivity index (χ0) is 13.9. The Hall–Kier alpha value is -0.940. The second-order valence-electron chi connectivity index (χ2n) is 3.50. The van der Waals surface area contributed by atoms with E-state index in [1.165, 1.54) is 13.2 Å². The first kappa shape index (κ1) is 15.1. The molecule has 18 heavy (non-hydrogen) atoms. The summed E-state index contributed by atoms with van der Waals surface area (Å²) in [5.41, 5.74) is -0.490. The van der Waals surface area contributed by atoms with Crippen LogP contribution < -0.4 is 0 Å². The van der Waals surface area contributed by atoms with E-state index < -0.39 is 23.1 Å². The average Bonchev–Trinajstić information content (AvgIpc) is 2.29. The second-order valence-corrected chi connectivity index (χ2v) is 4.43. The number of methoxy groups -OCH3 is 1. The minimum Gasteiger partial charge on any atom is -0.468 e. The van der Waals surface area contributed by atoms with Crippen molar-refractivity contribution in [2.45, 2.75) is 18.0 Å². The lowest BCUT2D eigenvalue weighted by atomic mass is 10.1. The van der Waals surface area contributed by atoms with Gasteiger partial charge in [0, 0.05) is 11.4 Å². The number of hydrogen-bond donors (Lipinski definition) is 0. The van der Waals surface area contributed by atoms with E-state index in [-0.39, 0.29) is 11.4 Å². The molecule has 0 N–H and O–H groups in total. The topological polar surface area (TPSA) is 26.3 Å². The summed E-state index contributed by atoms with van der Waals surface area (Å²) in [6, 6.07) is 2.89. The summed E-state index contributed by atoms with van der Waals surface area (Å²) >= 11 is 11.4. The number of ether oxygens (including phenoxy) is 1. The van der Waals surface area contributed by atoms with Crippen LogP contribution in [0, 0.1) is 0 Å². The molecule has 0 unspecified atom stereocenters. The molecule has 0 aliphatic rings. The summed E-state index contributed by atoms with van der Waals surface area (Å²) in [5, 5.41) is -1.07. The van der Waals surface area contributed by atoms with E-state index in [1.807, 2.05) is 0 Å². The van der Waals surface area contributed by atoms with Crippen LogP contribution in [0.4, 0.5) is 13.2 Å². The Kier molecular flexibility index (Phi) is 4.87. The number of benzene rings is 1. The molecule has 0 heterocycles. The Balaban J connectivity index is 2.90. The van der Waals surface area contributed by atoms with Crippen molar-refractivity contribution in [3.8, 4) is 0 Å². The van der Waals surface area contributed by atoms with E-state index in [1.54, 1.807) is 0 Å². The molecule has 1 aromatic rings. The molecule has 1 rings (SSSR count). The van der Waals surface area contributed by atoms with Crippen molar-refractivity contribution < 1.29 is 22.7 Å². The molecule has 0 saturated heterocycles. The number of carbonyl (C=O) groups excluding carboxylic acids is 1. The average molecular weight is 301 g/mol. The Morgan fingerprint density at radius 2 is 2.06 bits per heavy atom. The van der Waals surface area contributed by atoms with Crippen molar-refractivity contribution in [1.82, 2.24) is 0 Å². The van der Waals surface area contributed by atoms with E-state index in [0.717, 1.165) is 12.1 Å². The molecular formula is C11H9Cl2F3O2. The van der Waals surface area contributed by atoms with E-state index >= 15 is 0 Å². The standard InChI is InChI=1S/C11H9Cl2F3O2/c1-18-10(17)9(13)4-6-2-3-7(5-8(6)12)11(14,15)16/h2-3,5,9H,4H2,1H3/t9-/m1/s1. The summed E-state index contributed by atoms with van der Waals surface area (Å²) in [6.45, 7) is 0. The van der Waals surface area contributed by atoms with Gasteiger partial charge in [0.05, 0.1) is 12.7 Å². The molecule has 1 atom stereocenters. The molecule has 0 amide bonds. The zero-order valence-electron chi connectivity index (χ0n) is 9.22. The highest BCUT2D eigenvalue weighted by Gasteiger charge is 2.31. The molecule has 0 radical (unpaired) electrons. The lowest BCUT2D eigenvalue weighted by Gasteiger charge is -2.11. The summed E-state index contributed by atoms with van der Waals surface area (Å²) in [4.78, 5) is 11.1. The monoisotopic (exact) mass is 300 g/mol. The van der Waals surface area contributed by atoms with Gasteiger partial charge in [0.15, 0.2) is 0 Å². The first-order chi connectivity index (χ1) is 8.25. The van der Waals surface area contributed by atoms with Crippen molar-refractivity contribution in [3.05, 3.63) is 34.3 Å². The zero-order valence-corrected chi connectivity index (χ0v) is 10.7. The van der Waals surface area contributed by atoms with Crippen LogP contribution in [0.5, 0.6) is 0 Å². The Bertz CT molecular complexity index is 446. The first-order valence-electron chi connectivity index (χ1n) is 4.83. The highest BCUT2D eigenvalue weighted by atomic mass is 35.5. The van der Waals surface area contributed by atoms with Gasteiger partial charge in [-0.25, -0.2) is 0 Å². The van der Waals surface area contributed by atoms with Gasteiger partial charge in [-0.15, -0.1) is 11.6 Å². The molecule has 0 bridgehead atoms. The van der Waals surface area contributed by atoms with Crippen molar-refractivity contribution in [2.75, 3.05) is 7.11 Å². The summed E-state index contributed by atoms with van der Waals surface area (Å²) in [7, 11) is 1.17. The summed E-state index contributed by atoms with van der Waals surface area (Å²) in [5.74, 6) is -0.660. The van der Waals surface area contributed by atoms with Gasteiger partial charge >= 0.3 is 12.1 Å². The third kappa shape index (κ3) is 3.78. The lowest BCUT2D eigenvalue weighted by Crippen LogP contribution is -2.19. The minimum atomic E-state index is -4.45. The number of hydrogen-bond acceptors (Lipinski definition) is 2. The predicted molar refractivity (Wildman–Crippen MR) is 61.8 cm³/mol. The fraction of sp³-hybridized carbons (Fsp3) is 0.364. The molecule has 0 aliphatic heterocycles. The molecule has 0 saturated carbocycles. The number of halogens is 5. The Morgan fingerprint density at radius 1 is 1.44 bits per heavy atom. The molecule has 100 valence electrons. The number of carbonyl (C=O) groups is 1. The summed E-state index contributed by atoms with van der Waals surface area (Å²) in [6.07, 6.45) is -4.45. The normalized spacial score (nSPS) is 13.2. The highest BCUT2D eigenvalue weighted by Crippen LogP contribution is 2.32. The molecule has 2 nitrogen and oxygen atoms in total. The van der Waals surface area contributed by atoms with Gasteiger partial charge in [0.2, 0.25) is 0 Å². The van der Waals surface area contributed by atoms with Crippen LogP contribution in [0.15, 0.2) is 18.2 Å². The number of esters is 1. The van der Waals surface area contributed by atoms with Gasteiger partial charge in [0.1, 0.15) is 5.38 Å². The van der Waals surface area contributed by atoms with Crippen molar-refractivity contribution in [1.29, 1.82) is 0 Å². The molecular weight excluding hydrogens is 292 g/mol. The van der Waals surface area contributed by atoms with Gasteiger partial charge in [-0.05, 0) is 17.7 Å². The van der Waals surface area contributed by atoms with Gasteiger partial charge < -0.3 is 4.74 Å². The van der Waals surface area contributed by atoms with Gasteiger partial charge in [-0.2, -0.15) is 13.2 Å². The van der Waals surface area contributed by atoms with Gasteiger partial charge in [-0.3, -0.25) is 4.79 Å². The highest BCUT2D eigenvalue weighted by molar-refractivity contribution is 6.32. The summed E-state index contributed by atoms with van der Waals surface area (Å²) < 4.78 is 41.6. The van der Waals surface area contributed by atoms with E-state index in [0.29, 0.717) is 5.56 Å². The molecule has 1 aromatic carbocycles. The largest absolute Gasteiger partial charge is 0.468 e. The number of rotatable bonds is 3. The van der Waals surface area contributed by atoms with Crippen molar-refractivity contribution in [3.63, 3.8) is 0 Å². The molecule has 0 aromatic heterocycles. The Morgan fingerprint density at radius 3 is 2.50 bits per heavy atom. The smallest absolute Gasteiger partial charge is 0.416 e. The molecule has 0 aliphatic carbocycles. The SMILES string of the molecule is COC(=O)[C@H](Cl)Cc1ccc(C(F)(F)F)cc1Cl. The maximum Gasteiger partial charge on any atom is 0.416 e. The molecule has 0 fully saturated rings. The van der Waals surface area contributed by atoms with Gasteiger partial charge in [-0.1, -0.05) is 17.7 Å². The maximum atomic E-state index is 12.4. The lowest BCUT2D eigenvalue weighted by molar-refractivity contribution is -0.140. The third-order valence-corrected chi connectivity index (χ3v) is 2.92. The van der Waals surface area contributed by atoms with Crippen LogP contribution >= 0.6 is 23.2 Å². The van der Waals surface area contributed by atoms with Crippen LogP contribution in [0.1, 0.15) is 11.1 Å². The fourth-order valence-electron chi connectivity index (χ4n) is 1.29. The Labute approximate surface area is 112 Å². The van der Waals surface area contributed by atoms with Gasteiger partial charge in [0.25, 0.3) is 0 Å². The number of alkyl halides is 4. The maximum absolute atomic E-state index is 12.4. The van der Waals surface area contributed by atoms with Crippen LogP contribution in [-0.2, 0) is 22.1 Å². The van der Waals surface area contributed by atoms with Crippen molar-refractivity contribution >= 4 is 29.2 Å².